The number of esters is 1. The molecule has 3 nitrogen and oxygen atoms in total. The first-order valence-electron chi connectivity index (χ1n) is 9.59. The van der Waals surface area contributed by atoms with Crippen molar-refractivity contribution < 1.29 is 19.0 Å². The molecule has 0 aromatic heterocycles. The van der Waals surface area contributed by atoms with Crippen molar-refractivity contribution in [3.63, 3.8) is 0 Å². The molecule has 0 aliphatic heterocycles. The van der Waals surface area contributed by atoms with Crippen molar-refractivity contribution in [1.29, 1.82) is 0 Å². The van der Waals surface area contributed by atoms with Gasteiger partial charge in [-0.2, -0.15) is 0 Å². The minimum absolute atomic E-state index is 0.0746. The van der Waals surface area contributed by atoms with E-state index >= 15 is 0 Å². The summed E-state index contributed by atoms with van der Waals surface area (Å²) in [6, 6.07) is 12.2. The molecule has 0 atom stereocenters. The van der Waals surface area contributed by atoms with Crippen LogP contribution in [0.15, 0.2) is 42.5 Å². The Hall–Kier alpha value is -2.20. The zero-order valence-corrected chi connectivity index (χ0v) is 16.4. The SMILES string of the molecule is CCCCCc1ccc(-c2ccc(OC(=O)C(C)(C)CCO)cc2)c(F)c1. The number of rotatable bonds is 9. The number of ether oxygens (including phenoxy) is 1. The van der Waals surface area contributed by atoms with Crippen LogP contribution in [0.2, 0.25) is 0 Å². The quantitative estimate of drug-likeness (QED) is 0.357. The predicted octanol–water partition coefficient (Wildman–Crippen LogP) is 5.54. The molecule has 0 radical (unpaired) electrons. The van der Waals surface area contributed by atoms with Gasteiger partial charge in [0, 0.05) is 12.2 Å². The van der Waals surface area contributed by atoms with Crippen molar-refractivity contribution in [2.24, 2.45) is 5.41 Å². The number of aliphatic hydroxyl groups is 1. The van der Waals surface area contributed by atoms with Crippen LogP contribution in [0.1, 0.15) is 52.0 Å². The molecule has 0 aliphatic carbocycles. The van der Waals surface area contributed by atoms with Gasteiger partial charge in [-0.15, -0.1) is 0 Å². The highest BCUT2D eigenvalue weighted by Gasteiger charge is 2.29. The summed E-state index contributed by atoms with van der Waals surface area (Å²) in [7, 11) is 0. The van der Waals surface area contributed by atoms with E-state index in [9.17, 15) is 9.18 Å². The fraction of sp³-hybridized carbons (Fsp3) is 0.435. The zero-order chi connectivity index (χ0) is 19.9. The number of carbonyl (C=O) groups excluding carboxylic acids is 1. The van der Waals surface area contributed by atoms with Gasteiger partial charge >= 0.3 is 5.97 Å². The standard InChI is InChI=1S/C23H29FO3/c1-4-5-6-7-17-8-13-20(21(24)16-17)18-9-11-19(12-10-18)27-22(26)23(2,3)14-15-25/h8-13,16,25H,4-7,14-15H2,1-3H3. The highest BCUT2D eigenvalue weighted by atomic mass is 19.1. The van der Waals surface area contributed by atoms with Crippen LogP contribution >= 0.6 is 0 Å². The predicted molar refractivity (Wildman–Crippen MR) is 106 cm³/mol. The molecule has 2 aromatic carbocycles. The van der Waals surface area contributed by atoms with E-state index in [1.165, 1.54) is 0 Å². The highest BCUT2D eigenvalue weighted by molar-refractivity contribution is 5.78. The number of aliphatic hydroxyl groups excluding tert-OH is 1. The monoisotopic (exact) mass is 372 g/mol. The normalized spacial score (nSPS) is 11.4. The summed E-state index contributed by atoms with van der Waals surface area (Å²) in [4.78, 5) is 12.2. The molecule has 0 heterocycles. The third-order valence-electron chi connectivity index (χ3n) is 4.77. The van der Waals surface area contributed by atoms with Gasteiger partial charge in [-0.3, -0.25) is 4.79 Å². The number of benzene rings is 2. The second kappa shape index (κ2) is 9.65. The Balaban J connectivity index is 2.07. The Morgan fingerprint density at radius 1 is 1.11 bits per heavy atom. The van der Waals surface area contributed by atoms with Gasteiger partial charge in [0.05, 0.1) is 5.41 Å². The lowest BCUT2D eigenvalue weighted by molar-refractivity contribution is -0.144. The summed E-state index contributed by atoms with van der Waals surface area (Å²) in [6.45, 7) is 5.54. The number of aryl methyl sites for hydroxylation is 1. The van der Waals surface area contributed by atoms with Crippen LogP contribution in [0, 0.1) is 11.2 Å². The fourth-order valence-corrected chi connectivity index (χ4v) is 2.86. The molecule has 0 bridgehead atoms. The molecule has 0 saturated heterocycles. The first kappa shape index (κ1) is 21.1. The summed E-state index contributed by atoms with van der Waals surface area (Å²) in [6.07, 6.45) is 4.60. The lowest BCUT2D eigenvalue weighted by Gasteiger charge is -2.21. The van der Waals surface area contributed by atoms with E-state index in [2.05, 4.69) is 6.92 Å². The average molecular weight is 372 g/mol. The van der Waals surface area contributed by atoms with Crippen LogP contribution in [0.5, 0.6) is 5.75 Å². The van der Waals surface area contributed by atoms with Crippen LogP contribution in [-0.2, 0) is 11.2 Å². The summed E-state index contributed by atoms with van der Waals surface area (Å²) in [5.41, 5.74) is 1.53. The first-order chi connectivity index (χ1) is 12.9. The Bertz CT molecular complexity index is 751. The maximum absolute atomic E-state index is 14.5. The minimum Gasteiger partial charge on any atom is -0.426 e. The van der Waals surface area contributed by atoms with Gasteiger partial charge < -0.3 is 9.84 Å². The molecule has 1 N–H and O–H groups in total. The van der Waals surface area contributed by atoms with Crippen molar-refractivity contribution in [2.75, 3.05) is 6.61 Å². The van der Waals surface area contributed by atoms with E-state index in [0.29, 0.717) is 17.7 Å². The van der Waals surface area contributed by atoms with Crippen molar-refractivity contribution in [1.82, 2.24) is 0 Å². The molecule has 0 fully saturated rings. The van der Waals surface area contributed by atoms with E-state index in [4.69, 9.17) is 9.84 Å². The van der Waals surface area contributed by atoms with Gasteiger partial charge in [-0.05, 0) is 62.4 Å². The molecule has 4 heteroatoms. The van der Waals surface area contributed by atoms with Gasteiger partial charge in [-0.25, -0.2) is 4.39 Å². The Morgan fingerprint density at radius 3 is 2.41 bits per heavy atom. The van der Waals surface area contributed by atoms with Gasteiger partial charge in [-0.1, -0.05) is 44.0 Å². The Morgan fingerprint density at radius 2 is 1.81 bits per heavy atom. The van der Waals surface area contributed by atoms with E-state index in [1.54, 1.807) is 44.2 Å². The van der Waals surface area contributed by atoms with Crippen molar-refractivity contribution in [3.8, 4) is 16.9 Å². The Kier molecular flexibility index (Phi) is 7.55. The zero-order valence-electron chi connectivity index (χ0n) is 16.4. The summed E-state index contributed by atoms with van der Waals surface area (Å²) in [5, 5.41) is 9.04. The third-order valence-corrected chi connectivity index (χ3v) is 4.77. The molecule has 0 unspecified atom stereocenters. The molecular formula is C23H29FO3. The highest BCUT2D eigenvalue weighted by Crippen LogP contribution is 2.28. The smallest absolute Gasteiger partial charge is 0.316 e. The number of hydrogen-bond donors (Lipinski definition) is 1. The van der Waals surface area contributed by atoms with Crippen molar-refractivity contribution in [2.45, 2.75) is 52.9 Å². The lowest BCUT2D eigenvalue weighted by Crippen LogP contribution is -2.29. The lowest BCUT2D eigenvalue weighted by atomic mass is 9.90. The fourth-order valence-electron chi connectivity index (χ4n) is 2.86. The van der Waals surface area contributed by atoms with Gasteiger partial charge in [0.15, 0.2) is 0 Å². The molecule has 0 saturated carbocycles. The van der Waals surface area contributed by atoms with Crippen molar-refractivity contribution >= 4 is 5.97 Å². The van der Waals surface area contributed by atoms with Crippen LogP contribution in [-0.4, -0.2) is 17.7 Å². The van der Waals surface area contributed by atoms with Gasteiger partial charge in [0.1, 0.15) is 11.6 Å². The van der Waals surface area contributed by atoms with Crippen LogP contribution in [0.3, 0.4) is 0 Å². The third kappa shape index (κ3) is 5.90. The first-order valence-corrected chi connectivity index (χ1v) is 9.59. The summed E-state index contributed by atoms with van der Waals surface area (Å²) < 4.78 is 19.9. The maximum Gasteiger partial charge on any atom is 0.316 e. The second-order valence-corrected chi connectivity index (χ2v) is 7.54. The molecular weight excluding hydrogens is 343 g/mol. The van der Waals surface area contributed by atoms with Gasteiger partial charge in [0.2, 0.25) is 0 Å². The molecule has 27 heavy (non-hydrogen) atoms. The molecule has 146 valence electrons. The topological polar surface area (TPSA) is 46.5 Å². The molecule has 0 aliphatic rings. The number of unbranched alkanes of at least 4 members (excludes halogenated alkanes) is 2. The summed E-state index contributed by atoms with van der Waals surface area (Å²) >= 11 is 0. The molecule has 2 aromatic rings. The summed E-state index contributed by atoms with van der Waals surface area (Å²) in [5.74, 6) is -0.226. The largest absolute Gasteiger partial charge is 0.426 e. The Labute approximate surface area is 161 Å². The average Bonchev–Trinajstić information content (AvgIpc) is 2.63. The van der Waals surface area contributed by atoms with Crippen LogP contribution in [0.4, 0.5) is 4.39 Å². The van der Waals surface area contributed by atoms with E-state index in [1.807, 2.05) is 12.1 Å². The number of carbonyl (C=O) groups is 1. The van der Waals surface area contributed by atoms with E-state index in [-0.39, 0.29) is 12.4 Å². The second-order valence-electron chi connectivity index (χ2n) is 7.54. The number of hydrogen-bond acceptors (Lipinski definition) is 3. The van der Waals surface area contributed by atoms with Crippen LogP contribution in [0.25, 0.3) is 11.1 Å². The molecule has 0 spiro atoms. The minimum atomic E-state index is -0.757. The van der Waals surface area contributed by atoms with Crippen LogP contribution < -0.4 is 4.74 Å². The number of halogens is 1. The molecule has 2 rings (SSSR count). The van der Waals surface area contributed by atoms with Crippen molar-refractivity contribution in [3.05, 3.63) is 53.8 Å². The van der Waals surface area contributed by atoms with E-state index in [0.717, 1.165) is 36.8 Å². The maximum atomic E-state index is 14.5. The van der Waals surface area contributed by atoms with E-state index < -0.39 is 11.4 Å². The van der Waals surface area contributed by atoms with Gasteiger partial charge in [0.25, 0.3) is 0 Å². The molecule has 0 amide bonds.